The molecule has 2 rings (SSSR count). The molecule has 0 radical (unpaired) electrons. The predicted molar refractivity (Wildman–Crippen MR) is 61.8 cm³/mol. The van der Waals surface area contributed by atoms with E-state index < -0.39 is 5.97 Å². The first-order valence-corrected chi connectivity index (χ1v) is 5.75. The van der Waals surface area contributed by atoms with Gasteiger partial charge in [0.2, 0.25) is 0 Å². The first-order valence-electron chi connectivity index (χ1n) is 5.75. The molecule has 0 saturated heterocycles. The molecule has 5 nitrogen and oxygen atoms in total. The zero-order chi connectivity index (χ0) is 12.4. The summed E-state index contributed by atoms with van der Waals surface area (Å²) in [6.45, 7) is 1.86. The molecule has 1 heterocycles. The van der Waals surface area contributed by atoms with Crippen LogP contribution in [-0.4, -0.2) is 28.0 Å². The average Bonchev–Trinajstić information content (AvgIpc) is 2.86. The van der Waals surface area contributed by atoms with Crippen LogP contribution in [-0.2, 0) is 4.79 Å². The quantitative estimate of drug-likeness (QED) is 0.740. The van der Waals surface area contributed by atoms with E-state index in [0.717, 1.165) is 12.0 Å². The van der Waals surface area contributed by atoms with Gasteiger partial charge < -0.3 is 15.4 Å². The lowest BCUT2D eigenvalue weighted by molar-refractivity contribution is -0.141. The fraction of sp³-hybridized carbons (Fsp3) is 0.500. The van der Waals surface area contributed by atoms with E-state index in [0.29, 0.717) is 18.4 Å². The number of carboxylic acids is 1. The maximum Gasteiger partial charge on any atom is 0.306 e. The van der Waals surface area contributed by atoms with Gasteiger partial charge in [0, 0.05) is 18.4 Å². The van der Waals surface area contributed by atoms with Crippen LogP contribution in [0.3, 0.4) is 0 Å². The Bertz CT molecular complexity index is 439. The molecule has 0 spiro atoms. The van der Waals surface area contributed by atoms with Crippen molar-refractivity contribution in [2.24, 2.45) is 5.92 Å². The molecule has 2 atom stereocenters. The number of H-pyrrole nitrogens is 1. The van der Waals surface area contributed by atoms with Crippen LogP contribution in [0.2, 0.25) is 0 Å². The zero-order valence-electron chi connectivity index (χ0n) is 9.69. The number of aromatic nitrogens is 1. The lowest BCUT2D eigenvalue weighted by atomic mass is 10.1. The van der Waals surface area contributed by atoms with Crippen LogP contribution >= 0.6 is 0 Å². The number of carbonyl (C=O) groups is 2. The summed E-state index contributed by atoms with van der Waals surface area (Å²) in [5, 5.41) is 11.8. The molecule has 1 amide bonds. The molecule has 1 saturated carbocycles. The summed E-state index contributed by atoms with van der Waals surface area (Å²) < 4.78 is 0. The molecule has 1 aromatic heterocycles. The highest BCUT2D eigenvalue weighted by molar-refractivity contribution is 5.95. The Morgan fingerprint density at radius 2 is 2.18 bits per heavy atom. The van der Waals surface area contributed by atoms with Gasteiger partial charge in [-0.25, -0.2) is 0 Å². The van der Waals surface area contributed by atoms with Crippen LogP contribution in [0.4, 0.5) is 0 Å². The topological polar surface area (TPSA) is 82.2 Å². The monoisotopic (exact) mass is 236 g/mol. The summed E-state index contributed by atoms with van der Waals surface area (Å²) in [6, 6.07) is -0.0158. The Hall–Kier alpha value is -1.78. The number of hydrogen-bond donors (Lipinski definition) is 3. The average molecular weight is 236 g/mol. The molecule has 1 aliphatic carbocycles. The van der Waals surface area contributed by atoms with Gasteiger partial charge >= 0.3 is 5.97 Å². The summed E-state index contributed by atoms with van der Waals surface area (Å²) in [5.74, 6) is -1.20. The molecule has 0 aromatic carbocycles. The number of hydrogen-bond acceptors (Lipinski definition) is 2. The third-order valence-corrected chi connectivity index (χ3v) is 3.31. The maximum atomic E-state index is 11.9. The fourth-order valence-electron chi connectivity index (χ4n) is 2.29. The Kier molecular flexibility index (Phi) is 3.17. The number of aryl methyl sites for hydroxylation is 1. The second-order valence-electron chi connectivity index (χ2n) is 4.57. The molecule has 1 aromatic rings. The summed E-state index contributed by atoms with van der Waals surface area (Å²) in [7, 11) is 0. The molecule has 3 N–H and O–H groups in total. The molecule has 0 bridgehead atoms. The second-order valence-corrected chi connectivity index (χ2v) is 4.57. The van der Waals surface area contributed by atoms with Gasteiger partial charge in [0.15, 0.2) is 0 Å². The molecule has 1 fully saturated rings. The summed E-state index contributed by atoms with van der Waals surface area (Å²) in [4.78, 5) is 25.6. The minimum absolute atomic E-state index is 0.0158. The smallest absolute Gasteiger partial charge is 0.306 e. The molecule has 17 heavy (non-hydrogen) atoms. The van der Waals surface area contributed by atoms with Gasteiger partial charge in [0.1, 0.15) is 0 Å². The van der Waals surface area contributed by atoms with E-state index in [1.54, 1.807) is 12.4 Å². The molecule has 1 aliphatic rings. The number of aliphatic carboxylic acids is 1. The standard InChI is InChI=1S/C12H16N2O3/c1-7-5-13-6-10(7)11(15)14-9-3-2-8(4-9)12(16)17/h5-6,8-9,13H,2-4H2,1H3,(H,14,15)(H,16,17)/t8-,9+/m1/s1. The summed E-state index contributed by atoms with van der Waals surface area (Å²) in [5.41, 5.74) is 1.53. The van der Waals surface area contributed by atoms with Crippen molar-refractivity contribution in [2.45, 2.75) is 32.2 Å². The highest BCUT2D eigenvalue weighted by atomic mass is 16.4. The van der Waals surface area contributed by atoms with E-state index >= 15 is 0 Å². The van der Waals surface area contributed by atoms with Crippen LogP contribution in [0.15, 0.2) is 12.4 Å². The first-order chi connectivity index (χ1) is 8.08. The van der Waals surface area contributed by atoms with Gasteiger partial charge in [-0.2, -0.15) is 0 Å². The number of carboxylic acid groups (broad SMARTS) is 1. The van der Waals surface area contributed by atoms with Crippen LogP contribution in [0.1, 0.15) is 35.2 Å². The normalized spacial score (nSPS) is 23.6. The van der Waals surface area contributed by atoms with Gasteiger partial charge in [0.05, 0.1) is 11.5 Å². The Labute approximate surface area is 99.2 Å². The molecule has 92 valence electrons. The van der Waals surface area contributed by atoms with Crippen LogP contribution < -0.4 is 5.32 Å². The van der Waals surface area contributed by atoms with Crippen molar-refractivity contribution >= 4 is 11.9 Å². The summed E-state index contributed by atoms with van der Waals surface area (Å²) >= 11 is 0. The predicted octanol–water partition coefficient (Wildman–Crippen LogP) is 1.31. The SMILES string of the molecule is Cc1c[nH]cc1C(=O)N[C@H]1CC[C@@H](C(=O)O)C1. The van der Waals surface area contributed by atoms with Crippen LogP contribution in [0.5, 0.6) is 0 Å². The third-order valence-electron chi connectivity index (χ3n) is 3.31. The number of amides is 1. The van der Waals surface area contributed by atoms with E-state index in [2.05, 4.69) is 10.3 Å². The minimum atomic E-state index is -0.764. The molecule has 0 unspecified atom stereocenters. The molecular weight excluding hydrogens is 220 g/mol. The first kappa shape index (κ1) is 11.7. The molecule has 5 heteroatoms. The van der Waals surface area contributed by atoms with Crippen molar-refractivity contribution < 1.29 is 14.7 Å². The van der Waals surface area contributed by atoms with Gasteiger partial charge in [0.25, 0.3) is 5.91 Å². The molecule has 0 aliphatic heterocycles. The van der Waals surface area contributed by atoms with Gasteiger partial charge in [-0.3, -0.25) is 9.59 Å². The summed E-state index contributed by atoms with van der Waals surface area (Å²) in [6.07, 6.45) is 5.35. The van der Waals surface area contributed by atoms with Gasteiger partial charge in [-0.15, -0.1) is 0 Å². The highest BCUT2D eigenvalue weighted by Crippen LogP contribution is 2.25. The van der Waals surface area contributed by atoms with Crippen molar-refractivity contribution in [3.63, 3.8) is 0 Å². The van der Waals surface area contributed by atoms with Crippen molar-refractivity contribution in [3.8, 4) is 0 Å². The highest BCUT2D eigenvalue weighted by Gasteiger charge is 2.30. The van der Waals surface area contributed by atoms with Crippen LogP contribution in [0, 0.1) is 12.8 Å². The van der Waals surface area contributed by atoms with Crippen molar-refractivity contribution in [1.82, 2.24) is 10.3 Å². The van der Waals surface area contributed by atoms with E-state index in [9.17, 15) is 9.59 Å². The number of carbonyl (C=O) groups excluding carboxylic acids is 1. The molecular formula is C12H16N2O3. The Balaban J connectivity index is 1.93. The van der Waals surface area contributed by atoms with E-state index in [-0.39, 0.29) is 17.9 Å². The van der Waals surface area contributed by atoms with Crippen molar-refractivity contribution in [2.75, 3.05) is 0 Å². The maximum absolute atomic E-state index is 11.9. The van der Waals surface area contributed by atoms with E-state index in [1.165, 1.54) is 0 Å². The third kappa shape index (κ3) is 2.49. The largest absolute Gasteiger partial charge is 0.481 e. The number of rotatable bonds is 3. The van der Waals surface area contributed by atoms with Crippen LogP contribution in [0.25, 0.3) is 0 Å². The van der Waals surface area contributed by atoms with Crippen molar-refractivity contribution in [1.29, 1.82) is 0 Å². The van der Waals surface area contributed by atoms with Crippen molar-refractivity contribution in [3.05, 3.63) is 23.5 Å². The van der Waals surface area contributed by atoms with Gasteiger partial charge in [-0.05, 0) is 31.7 Å². The fourth-order valence-corrected chi connectivity index (χ4v) is 2.29. The second kappa shape index (κ2) is 4.61. The number of nitrogens with one attached hydrogen (secondary N) is 2. The lowest BCUT2D eigenvalue weighted by Gasteiger charge is -2.12. The van der Waals surface area contributed by atoms with E-state index in [4.69, 9.17) is 5.11 Å². The number of aromatic amines is 1. The van der Waals surface area contributed by atoms with Gasteiger partial charge in [-0.1, -0.05) is 0 Å². The Morgan fingerprint density at radius 1 is 1.41 bits per heavy atom. The zero-order valence-corrected chi connectivity index (χ0v) is 9.69. The minimum Gasteiger partial charge on any atom is -0.481 e. The lowest BCUT2D eigenvalue weighted by Crippen LogP contribution is -2.33. The van der Waals surface area contributed by atoms with E-state index in [1.807, 2.05) is 6.92 Å². The Morgan fingerprint density at radius 3 is 2.71 bits per heavy atom.